The standard InChI is InChI=1S/C11H6BrIN2O3S/c12-7-2-1-5(3-6(7)11(17)18)19-10-8(13)9(16)14-4-15-10/h1-4H,(H,17,18)(H,14,15,16). The maximum absolute atomic E-state index is 11.4. The third-order valence-corrected chi connectivity index (χ3v) is 5.20. The van der Waals surface area contributed by atoms with Gasteiger partial charge in [-0.3, -0.25) is 4.79 Å². The monoisotopic (exact) mass is 452 g/mol. The van der Waals surface area contributed by atoms with Gasteiger partial charge in [0.2, 0.25) is 0 Å². The molecule has 1 heterocycles. The Hall–Kier alpha value is -0.870. The normalized spacial score (nSPS) is 10.4. The van der Waals surface area contributed by atoms with E-state index < -0.39 is 5.97 Å². The summed E-state index contributed by atoms with van der Waals surface area (Å²) in [6.07, 6.45) is 1.32. The fourth-order valence-corrected chi connectivity index (χ4v) is 3.15. The maximum atomic E-state index is 11.4. The largest absolute Gasteiger partial charge is 0.478 e. The lowest BCUT2D eigenvalue weighted by Gasteiger charge is -2.05. The Balaban J connectivity index is 2.39. The summed E-state index contributed by atoms with van der Waals surface area (Å²) < 4.78 is 0.989. The molecule has 19 heavy (non-hydrogen) atoms. The van der Waals surface area contributed by atoms with Crippen molar-refractivity contribution in [3.63, 3.8) is 0 Å². The molecule has 0 radical (unpaired) electrons. The van der Waals surface area contributed by atoms with Crippen molar-refractivity contribution in [2.45, 2.75) is 9.92 Å². The smallest absolute Gasteiger partial charge is 0.336 e. The highest BCUT2D eigenvalue weighted by molar-refractivity contribution is 14.1. The van der Waals surface area contributed by atoms with Gasteiger partial charge in [0.25, 0.3) is 5.56 Å². The molecular formula is C11H6BrIN2O3S. The van der Waals surface area contributed by atoms with Crippen molar-refractivity contribution in [3.8, 4) is 0 Å². The minimum absolute atomic E-state index is 0.171. The van der Waals surface area contributed by atoms with Gasteiger partial charge in [0.15, 0.2) is 0 Å². The third-order valence-electron chi connectivity index (χ3n) is 2.15. The number of carboxylic acid groups (broad SMARTS) is 1. The number of nitrogens with one attached hydrogen (secondary N) is 1. The molecule has 0 fully saturated rings. The van der Waals surface area contributed by atoms with Gasteiger partial charge < -0.3 is 10.1 Å². The topological polar surface area (TPSA) is 83.0 Å². The third kappa shape index (κ3) is 3.37. The number of aromatic amines is 1. The van der Waals surface area contributed by atoms with Crippen LogP contribution in [0.4, 0.5) is 0 Å². The van der Waals surface area contributed by atoms with Crippen LogP contribution in [0, 0.1) is 3.57 Å². The Kier molecular flexibility index (Phi) is 4.63. The van der Waals surface area contributed by atoms with Crippen molar-refractivity contribution in [2.24, 2.45) is 0 Å². The van der Waals surface area contributed by atoms with E-state index in [4.69, 9.17) is 5.11 Å². The lowest BCUT2D eigenvalue weighted by Crippen LogP contribution is -2.11. The number of H-pyrrole nitrogens is 1. The first-order chi connectivity index (χ1) is 8.99. The van der Waals surface area contributed by atoms with Gasteiger partial charge in [-0.25, -0.2) is 9.78 Å². The highest BCUT2D eigenvalue weighted by Crippen LogP contribution is 2.30. The van der Waals surface area contributed by atoms with E-state index in [-0.39, 0.29) is 11.1 Å². The predicted octanol–water partition coefficient (Wildman–Crippen LogP) is 2.99. The molecule has 5 nitrogen and oxygen atoms in total. The summed E-state index contributed by atoms with van der Waals surface area (Å²) in [6, 6.07) is 4.96. The molecule has 2 rings (SSSR count). The van der Waals surface area contributed by atoms with E-state index in [1.54, 1.807) is 12.1 Å². The number of carbonyl (C=O) groups is 1. The molecule has 98 valence electrons. The number of hydrogen-bond acceptors (Lipinski definition) is 4. The van der Waals surface area contributed by atoms with Crippen molar-refractivity contribution in [3.05, 3.63) is 48.5 Å². The van der Waals surface area contributed by atoms with Crippen LogP contribution in [0.5, 0.6) is 0 Å². The van der Waals surface area contributed by atoms with Gasteiger partial charge in [-0.05, 0) is 56.7 Å². The van der Waals surface area contributed by atoms with Crippen molar-refractivity contribution < 1.29 is 9.90 Å². The Labute approximate surface area is 134 Å². The number of hydrogen-bond donors (Lipinski definition) is 2. The van der Waals surface area contributed by atoms with E-state index in [0.717, 1.165) is 0 Å². The van der Waals surface area contributed by atoms with E-state index in [2.05, 4.69) is 25.9 Å². The van der Waals surface area contributed by atoms with Crippen LogP contribution in [0.15, 0.2) is 43.7 Å². The Morgan fingerprint density at radius 2 is 2.21 bits per heavy atom. The molecule has 8 heteroatoms. The molecule has 0 aliphatic carbocycles. The van der Waals surface area contributed by atoms with E-state index in [9.17, 15) is 9.59 Å². The lowest BCUT2D eigenvalue weighted by atomic mass is 10.2. The molecule has 0 spiro atoms. The van der Waals surface area contributed by atoms with Gasteiger partial charge in [-0.15, -0.1) is 0 Å². The summed E-state index contributed by atoms with van der Waals surface area (Å²) in [5.74, 6) is -1.01. The quantitative estimate of drug-likeness (QED) is 0.552. The second-order valence-electron chi connectivity index (χ2n) is 3.40. The minimum atomic E-state index is -1.01. The molecule has 2 N–H and O–H groups in total. The van der Waals surface area contributed by atoms with Crippen LogP contribution in [0.1, 0.15) is 10.4 Å². The van der Waals surface area contributed by atoms with Crippen LogP contribution >= 0.6 is 50.3 Å². The fraction of sp³-hybridized carbons (Fsp3) is 0. The zero-order valence-electron chi connectivity index (χ0n) is 9.18. The van der Waals surface area contributed by atoms with Gasteiger partial charge in [0.1, 0.15) is 8.60 Å². The lowest BCUT2D eigenvalue weighted by molar-refractivity contribution is 0.0695. The van der Waals surface area contributed by atoms with Crippen LogP contribution in [0.3, 0.4) is 0 Å². The summed E-state index contributed by atoms with van der Waals surface area (Å²) in [5, 5.41) is 9.59. The first-order valence-corrected chi connectivity index (χ1v) is 7.61. The minimum Gasteiger partial charge on any atom is -0.478 e. The van der Waals surface area contributed by atoms with Crippen molar-refractivity contribution in [1.29, 1.82) is 0 Å². The van der Waals surface area contributed by atoms with E-state index in [1.165, 1.54) is 24.2 Å². The van der Waals surface area contributed by atoms with Crippen LogP contribution < -0.4 is 5.56 Å². The summed E-state index contributed by atoms with van der Waals surface area (Å²) in [6.45, 7) is 0. The maximum Gasteiger partial charge on any atom is 0.336 e. The molecule has 0 amide bonds. The van der Waals surface area contributed by atoms with E-state index >= 15 is 0 Å². The predicted molar refractivity (Wildman–Crippen MR) is 82.8 cm³/mol. The number of aromatic carboxylic acids is 1. The molecule has 0 unspecified atom stereocenters. The number of nitrogens with zero attached hydrogens (tertiary/aromatic N) is 1. The second-order valence-corrected chi connectivity index (χ2v) is 6.39. The van der Waals surface area contributed by atoms with Gasteiger partial charge in [0, 0.05) is 9.37 Å². The zero-order valence-corrected chi connectivity index (χ0v) is 13.7. The Morgan fingerprint density at radius 3 is 2.89 bits per heavy atom. The van der Waals surface area contributed by atoms with Crippen molar-refractivity contribution in [2.75, 3.05) is 0 Å². The molecule has 0 bridgehead atoms. The zero-order chi connectivity index (χ0) is 14.0. The molecule has 0 saturated heterocycles. The van der Waals surface area contributed by atoms with Crippen LogP contribution in [0.2, 0.25) is 0 Å². The second kappa shape index (κ2) is 6.06. The molecule has 1 aromatic carbocycles. The number of carboxylic acids is 1. The first kappa shape index (κ1) is 14.5. The van der Waals surface area contributed by atoms with Crippen LogP contribution in [0.25, 0.3) is 0 Å². The number of benzene rings is 1. The van der Waals surface area contributed by atoms with E-state index in [1.807, 2.05) is 22.6 Å². The summed E-state index contributed by atoms with van der Waals surface area (Å²) in [7, 11) is 0. The molecule has 1 aromatic heterocycles. The molecule has 0 aliphatic heterocycles. The van der Waals surface area contributed by atoms with Gasteiger partial charge in [0.05, 0.1) is 11.9 Å². The summed E-state index contributed by atoms with van der Waals surface area (Å²) in [4.78, 5) is 29.7. The van der Waals surface area contributed by atoms with Gasteiger partial charge >= 0.3 is 5.97 Å². The Bertz CT molecular complexity index is 705. The average Bonchev–Trinajstić information content (AvgIpc) is 2.37. The van der Waals surface area contributed by atoms with E-state index in [0.29, 0.717) is 18.0 Å². The fourth-order valence-electron chi connectivity index (χ4n) is 1.28. The number of halogens is 2. The SMILES string of the molecule is O=C(O)c1cc(Sc2nc[nH]c(=O)c2I)ccc1Br. The highest BCUT2D eigenvalue weighted by Gasteiger charge is 2.12. The molecule has 0 saturated carbocycles. The van der Waals surface area contributed by atoms with Crippen molar-refractivity contribution >= 4 is 56.3 Å². The average molecular weight is 453 g/mol. The molecule has 0 aliphatic rings. The first-order valence-electron chi connectivity index (χ1n) is 4.93. The van der Waals surface area contributed by atoms with Crippen molar-refractivity contribution in [1.82, 2.24) is 9.97 Å². The Morgan fingerprint density at radius 1 is 1.47 bits per heavy atom. The number of aromatic nitrogens is 2. The molecule has 0 atom stereocenters. The molecular weight excluding hydrogens is 447 g/mol. The van der Waals surface area contributed by atoms with Gasteiger partial charge in [-0.1, -0.05) is 11.8 Å². The highest BCUT2D eigenvalue weighted by atomic mass is 127. The summed E-state index contributed by atoms with van der Waals surface area (Å²) in [5.41, 5.74) is -0.0430. The number of rotatable bonds is 3. The molecule has 2 aromatic rings. The summed E-state index contributed by atoms with van der Waals surface area (Å²) >= 11 is 6.33. The van der Waals surface area contributed by atoms with Gasteiger partial charge in [-0.2, -0.15) is 0 Å². The van der Waals surface area contributed by atoms with Crippen LogP contribution in [-0.4, -0.2) is 21.0 Å². The van der Waals surface area contributed by atoms with Crippen LogP contribution in [-0.2, 0) is 0 Å².